The van der Waals surface area contributed by atoms with Crippen molar-refractivity contribution in [2.45, 2.75) is 68.7 Å². The lowest BCUT2D eigenvalue weighted by molar-refractivity contribution is 0.422. The summed E-state index contributed by atoms with van der Waals surface area (Å²) in [7, 11) is 0. The molecule has 1 saturated carbocycles. The topological polar surface area (TPSA) is 12.0 Å². The van der Waals surface area contributed by atoms with E-state index in [0.29, 0.717) is 0 Å². The third-order valence-corrected chi connectivity index (χ3v) is 4.88. The summed E-state index contributed by atoms with van der Waals surface area (Å²) < 4.78 is 13.4. The Balaban J connectivity index is 2.08. The molecular formula is C16H24FNS. The first-order valence-corrected chi connectivity index (χ1v) is 8.02. The van der Waals surface area contributed by atoms with Gasteiger partial charge in [0, 0.05) is 22.2 Å². The van der Waals surface area contributed by atoms with Gasteiger partial charge >= 0.3 is 0 Å². The third-order valence-electron chi connectivity index (χ3n) is 3.43. The Hall–Kier alpha value is -0.540. The molecule has 0 saturated heterocycles. The lowest BCUT2D eigenvalue weighted by Gasteiger charge is -2.22. The molecule has 0 spiro atoms. The first-order valence-electron chi connectivity index (χ1n) is 7.14. The average Bonchev–Trinajstić information content (AvgIpc) is 2.81. The van der Waals surface area contributed by atoms with Crippen LogP contribution in [0.5, 0.6) is 0 Å². The third kappa shape index (κ3) is 4.81. The first kappa shape index (κ1) is 14.9. The van der Waals surface area contributed by atoms with E-state index in [1.54, 1.807) is 12.1 Å². The Labute approximate surface area is 120 Å². The van der Waals surface area contributed by atoms with E-state index < -0.39 is 0 Å². The molecule has 1 nitrogen and oxygen atoms in total. The summed E-state index contributed by atoms with van der Waals surface area (Å²) >= 11 is 1.93. The highest BCUT2D eigenvalue weighted by atomic mass is 32.2. The van der Waals surface area contributed by atoms with Gasteiger partial charge in [-0.05, 0) is 57.4 Å². The minimum absolute atomic E-state index is 0.0572. The van der Waals surface area contributed by atoms with Crippen molar-refractivity contribution >= 4 is 11.8 Å². The smallest absolute Gasteiger partial charge is 0.123 e. The van der Waals surface area contributed by atoms with Crippen LogP contribution >= 0.6 is 11.8 Å². The summed E-state index contributed by atoms with van der Waals surface area (Å²) in [6, 6.07) is 5.20. The lowest BCUT2D eigenvalue weighted by Crippen LogP contribution is -2.35. The van der Waals surface area contributed by atoms with Crippen LogP contribution in [-0.2, 0) is 6.54 Å². The van der Waals surface area contributed by atoms with Crippen molar-refractivity contribution in [2.75, 3.05) is 0 Å². The van der Waals surface area contributed by atoms with Crippen LogP contribution in [-0.4, -0.2) is 10.8 Å². The van der Waals surface area contributed by atoms with Gasteiger partial charge in [-0.2, -0.15) is 0 Å². The van der Waals surface area contributed by atoms with Gasteiger partial charge in [0.2, 0.25) is 0 Å². The maximum absolute atomic E-state index is 13.4. The Kier molecular flexibility index (Phi) is 4.91. The lowest BCUT2D eigenvalue weighted by atomic mass is 10.1. The predicted molar refractivity (Wildman–Crippen MR) is 81.1 cm³/mol. The van der Waals surface area contributed by atoms with Crippen LogP contribution in [0.2, 0.25) is 0 Å². The number of halogens is 1. The molecule has 0 atom stereocenters. The molecule has 0 aliphatic heterocycles. The fourth-order valence-electron chi connectivity index (χ4n) is 2.35. The Morgan fingerprint density at radius 3 is 2.58 bits per heavy atom. The van der Waals surface area contributed by atoms with Crippen LogP contribution in [0.25, 0.3) is 0 Å². The highest BCUT2D eigenvalue weighted by Gasteiger charge is 2.18. The van der Waals surface area contributed by atoms with E-state index in [-0.39, 0.29) is 11.4 Å². The minimum Gasteiger partial charge on any atom is -0.308 e. The number of hydrogen-bond donors (Lipinski definition) is 1. The van der Waals surface area contributed by atoms with Crippen LogP contribution < -0.4 is 5.32 Å². The monoisotopic (exact) mass is 281 g/mol. The Morgan fingerprint density at radius 2 is 1.95 bits per heavy atom. The fraction of sp³-hybridized carbons (Fsp3) is 0.625. The van der Waals surface area contributed by atoms with Crippen LogP contribution in [0.3, 0.4) is 0 Å². The van der Waals surface area contributed by atoms with Gasteiger partial charge in [0.25, 0.3) is 0 Å². The summed E-state index contributed by atoms with van der Waals surface area (Å²) in [6.45, 7) is 7.14. The van der Waals surface area contributed by atoms with Crippen molar-refractivity contribution in [3.05, 3.63) is 29.6 Å². The Bertz CT molecular complexity index is 419. The number of benzene rings is 1. The molecule has 1 N–H and O–H groups in total. The molecular weight excluding hydrogens is 257 g/mol. The molecule has 19 heavy (non-hydrogen) atoms. The van der Waals surface area contributed by atoms with E-state index in [1.807, 2.05) is 17.8 Å². The van der Waals surface area contributed by atoms with Gasteiger partial charge in [0.1, 0.15) is 5.82 Å². The van der Waals surface area contributed by atoms with Crippen molar-refractivity contribution in [3.8, 4) is 0 Å². The maximum Gasteiger partial charge on any atom is 0.123 e. The van der Waals surface area contributed by atoms with Gasteiger partial charge in [0.15, 0.2) is 0 Å². The zero-order valence-corrected chi connectivity index (χ0v) is 12.9. The first-order chi connectivity index (χ1) is 8.94. The molecule has 3 heteroatoms. The van der Waals surface area contributed by atoms with E-state index >= 15 is 0 Å². The number of thioether (sulfide) groups is 1. The summed E-state index contributed by atoms with van der Waals surface area (Å²) in [4.78, 5) is 1.24. The van der Waals surface area contributed by atoms with Crippen molar-refractivity contribution in [2.24, 2.45) is 0 Å². The van der Waals surface area contributed by atoms with Gasteiger partial charge in [-0.25, -0.2) is 4.39 Å². The molecule has 1 aromatic rings. The van der Waals surface area contributed by atoms with Gasteiger partial charge in [-0.15, -0.1) is 11.8 Å². The van der Waals surface area contributed by atoms with E-state index in [1.165, 1.54) is 30.6 Å². The Morgan fingerprint density at radius 1 is 1.26 bits per heavy atom. The zero-order valence-electron chi connectivity index (χ0n) is 12.1. The number of hydrogen-bond acceptors (Lipinski definition) is 2. The van der Waals surface area contributed by atoms with Gasteiger partial charge in [-0.1, -0.05) is 12.8 Å². The second-order valence-corrected chi connectivity index (χ2v) is 7.72. The SMILES string of the molecule is CC(C)(C)NCc1cc(F)ccc1SC1CCCC1. The van der Waals surface area contributed by atoms with Gasteiger partial charge in [-0.3, -0.25) is 0 Å². The van der Waals surface area contributed by atoms with Crippen molar-refractivity contribution in [1.82, 2.24) is 5.32 Å². The van der Waals surface area contributed by atoms with Crippen molar-refractivity contribution < 1.29 is 4.39 Å². The van der Waals surface area contributed by atoms with E-state index in [9.17, 15) is 4.39 Å². The van der Waals surface area contributed by atoms with Gasteiger partial charge in [0.05, 0.1) is 0 Å². The second kappa shape index (κ2) is 6.27. The standard InChI is InChI=1S/C16H24FNS/c1-16(2,3)18-11-12-10-13(17)8-9-15(12)19-14-6-4-5-7-14/h8-10,14,18H,4-7,11H2,1-3H3. The van der Waals surface area contributed by atoms with E-state index in [4.69, 9.17) is 0 Å². The van der Waals surface area contributed by atoms with Crippen LogP contribution in [0, 0.1) is 5.82 Å². The molecule has 0 radical (unpaired) electrons. The summed E-state index contributed by atoms with van der Waals surface area (Å²) in [5, 5.41) is 4.17. The van der Waals surface area contributed by atoms with Crippen LogP contribution in [0.1, 0.15) is 52.0 Å². The molecule has 0 amide bonds. The predicted octanol–water partition coefficient (Wildman–Crippen LogP) is 4.75. The molecule has 0 aromatic heterocycles. The highest BCUT2D eigenvalue weighted by Crippen LogP contribution is 2.36. The van der Waals surface area contributed by atoms with Crippen LogP contribution in [0.15, 0.2) is 23.1 Å². The molecule has 0 heterocycles. The summed E-state index contributed by atoms with van der Waals surface area (Å²) in [5.74, 6) is -0.138. The van der Waals surface area contributed by atoms with Crippen molar-refractivity contribution in [3.63, 3.8) is 0 Å². The fourth-order valence-corrected chi connectivity index (χ4v) is 3.70. The number of rotatable bonds is 4. The van der Waals surface area contributed by atoms with E-state index in [2.05, 4.69) is 26.1 Å². The molecule has 106 valence electrons. The molecule has 1 aliphatic rings. The molecule has 1 aromatic carbocycles. The summed E-state index contributed by atoms with van der Waals surface area (Å²) in [5.41, 5.74) is 1.15. The van der Waals surface area contributed by atoms with Gasteiger partial charge < -0.3 is 5.32 Å². The normalized spacial score (nSPS) is 17.1. The van der Waals surface area contributed by atoms with Crippen LogP contribution in [0.4, 0.5) is 4.39 Å². The number of nitrogens with one attached hydrogen (secondary N) is 1. The molecule has 0 unspecified atom stereocenters. The molecule has 0 bridgehead atoms. The molecule has 1 aliphatic carbocycles. The highest BCUT2D eigenvalue weighted by molar-refractivity contribution is 8.00. The molecule has 1 fully saturated rings. The van der Waals surface area contributed by atoms with Crippen molar-refractivity contribution in [1.29, 1.82) is 0 Å². The minimum atomic E-state index is -0.138. The average molecular weight is 281 g/mol. The maximum atomic E-state index is 13.4. The second-order valence-electron chi connectivity index (χ2n) is 6.38. The zero-order chi connectivity index (χ0) is 13.9. The molecule has 2 rings (SSSR count). The quantitative estimate of drug-likeness (QED) is 0.855. The summed E-state index contributed by atoms with van der Waals surface area (Å²) in [6.07, 6.45) is 5.28. The van der Waals surface area contributed by atoms with E-state index in [0.717, 1.165) is 17.4 Å². The largest absolute Gasteiger partial charge is 0.308 e.